The number of hydrogen-bond acceptors (Lipinski definition) is 4. The minimum atomic E-state index is -0.0610. The lowest BCUT2D eigenvalue weighted by Crippen LogP contribution is -2.30. The van der Waals surface area contributed by atoms with Gasteiger partial charge in [-0.05, 0) is 44.0 Å². The number of carbonyl (C=O) groups is 1. The van der Waals surface area contributed by atoms with E-state index in [1.807, 2.05) is 6.92 Å². The summed E-state index contributed by atoms with van der Waals surface area (Å²) in [5.41, 5.74) is 4.41. The van der Waals surface area contributed by atoms with Gasteiger partial charge >= 0.3 is 0 Å². The van der Waals surface area contributed by atoms with Crippen molar-refractivity contribution in [2.75, 3.05) is 19.5 Å². The van der Waals surface area contributed by atoms with Crippen LogP contribution in [0.3, 0.4) is 0 Å². The van der Waals surface area contributed by atoms with Crippen LogP contribution in [0.4, 0.5) is 5.69 Å². The van der Waals surface area contributed by atoms with E-state index in [0.29, 0.717) is 23.6 Å². The minimum absolute atomic E-state index is 0.0555. The molecular weight excluding hydrogens is 328 g/mol. The maximum absolute atomic E-state index is 12.3. The Morgan fingerprint density at radius 3 is 2.50 bits per heavy atom. The number of methoxy groups -OCH3 is 2. The van der Waals surface area contributed by atoms with E-state index in [4.69, 9.17) is 9.47 Å². The number of nitrogens with one attached hydrogen (secondary N) is 2. The average molecular weight is 356 g/mol. The fourth-order valence-electron chi connectivity index (χ4n) is 2.78. The van der Waals surface area contributed by atoms with Gasteiger partial charge < -0.3 is 20.1 Å². The molecule has 0 aliphatic heterocycles. The van der Waals surface area contributed by atoms with Crippen LogP contribution in [0.15, 0.2) is 36.4 Å². The molecule has 5 nitrogen and oxygen atoms in total. The maximum atomic E-state index is 12.3. The highest BCUT2D eigenvalue weighted by atomic mass is 16.5. The smallest absolute Gasteiger partial charge is 0.226 e. The van der Waals surface area contributed by atoms with E-state index >= 15 is 0 Å². The number of hydrogen-bond donors (Lipinski definition) is 2. The van der Waals surface area contributed by atoms with Crippen molar-refractivity contribution in [2.45, 2.75) is 39.8 Å². The van der Waals surface area contributed by atoms with E-state index in [1.54, 1.807) is 32.4 Å². The van der Waals surface area contributed by atoms with Gasteiger partial charge in [0.15, 0.2) is 0 Å². The van der Waals surface area contributed by atoms with Crippen molar-refractivity contribution in [1.82, 2.24) is 5.32 Å². The zero-order valence-electron chi connectivity index (χ0n) is 16.2. The monoisotopic (exact) mass is 356 g/mol. The molecule has 0 aliphatic rings. The van der Waals surface area contributed by atoms with Gasteiger partial charge in [-0.25, -0.2) is 0 Å². The Hall–Kier alpha value is -2.53. The van der Waals surface area contributed by atoms with Gasteiger partial charge in [-0.1, -0.05) is 23.8 Å². The SMILES string of the molecule is COc1ccc(NC(=O)CC(C)NCc2ccc(C)cc2C)c(OC)c1. The number of carbonyl (C=O) groups excluding carboxylic acids is 1. The summed E-state index contributed by atoms with van der Waals surface area (Å²) in [6, 6.07) is 11.8. The topological polar surface area (TPSA) is 59.6 Å². The third-order valence-corrected chi connectivity index (χ3v) is 4.31. The number of benzene rings is 2. The van der Waals surface area contributed by atoms with E-state index in [1.165, 1.54) is 16.7 Å². The molecule has 0 radical (unpaired) electrons. The van der Waals surface area contributed by atoms with E-state index in [2.05, 4.69) is 42.7 Å². The first-order valence-electron chi connectivity index (χ1n) is 8.74. The Kier molecular flexibility index (Phi) is 7.04. The van der Waals surface area contributed by atoms with E-state index in [0.717, 1.165) is 6.54 Å². The molecule has 0 spiro atoms. The molecule has 0 aliphatic carbocycles. The summed E-state index contributed by atoms with van der Waals surface area (Å²) in [5, 5.41) is 6.31. The van der Waals surface area contributed by atoms with E-state index < -0.39 is 0 Å². The van der Waals surface area contributed by atoms with Crippen LogP contribution in [0.5, 0.6) is 11.5 Å². The first-order valence-corrected chi connectivity index (χ1v) is 8.74. The molecule has 2 aromatic rings. The molecule has 26 heavy (non-hydrogen) atoms. The molecule has 1 unspecified atom stereocenters. The molecule has 0 heterocycles. The molecule has 2 aromatic carbocycles. The summed E-state index contributed by atoms with van der Waals surface area (Å²) in [5.74, 6) is 1.20. The lowest BCUT2D eigenvalue weighted by molar-refractivity contribution is -0.116. The Labute approximate surface area is 155 Å². The second-order valence-corrected chi connectivity index (χ2v) is 6.53. The summed E-state index contributed by atoms with van der Waals surface area (Å²) < 4.78 is 10.5. The lowest BCUT2D eigenvalue weighted by Gasteiger charge is -2.16. The predicted octanol–water partition coefficient (Wildman–Crippen LogP) is 3.83. The van der Waals surface area contributed by atoms with Gasteiger partial charge in [0.05, 0.1) is 19.9 Å². The van der Waals surface area contributed by atoms with Crippen molar-refractivity contribution in [2.24, 2.45) is 0 Å². The van der Waals surface area contributed by atoms with Gasteiger partial charge in [-0.3, -0.25) is 4.79 Å². The van der Waals surface area contributed by atoms with Gasteiger partial charge in [0, 0.05) is 25.1 Å². The molecule has 140 valence electrons. The van der Waals surface area contributed by atoms with Crippen LogP contribution < -0.4 is 20.1 Å². The molecule has 0 bridgehead atoms. The van der Waals surface area contributed by atoms with Crippen LogP contribution in [0.2, 0.25) is 0 Å². The number of anilines is 1. The second kappa shape index (κ2) is 9.25. The number of amides is 1. The molecule has 1 atom stereocenters. The molecule has 0 aromatic heterocycles. The zero-order valence-corrected chi connectivity index (χ0v) is 16.2. The van der Waals surface area contributed by atoms with Crippen LogP contribution in [0, 0.1) is 13.8 Å². The van der Waals surface area contributed by atoms with Crippen molar-refractivity contribution in [3.05, 3.63) is 53.1 Å². The van der Waals surface area contributed by atoms with Crippen LogP contribution in [0.1, 0.15) is 30.0 Å². The third kappa shape index (κ3) is 5.49. The Bertz CT molecular complexity index is 759. The normalized spacial score (nSPS) is 11.7. The molecule has 1 amide bonds. The molecule has 2 N–H and O–H groups in total. The van der Waals surface area contributed by atoms with Crippen molar-refractivity contribution >= 4 is 11.6 Å². The summed E-state index contributed by atoms with van der Waals surface area (Å²) in [7, 11) is 3.16. The van der Waals surface area contributed by atoms with Crippen molar-refractivity contribution < 1.29 is 14.3 Å². The molecule has 5 heteroatoms. The first kappa shape index (κ1) is 19.8. The minimum Gasteiger partial charge on any atom is -0.497 e. The largest absolute Gasteiger partial charge is 0.497 e. The number of aryl methyl sites for hydroxylation is 2. The van der Waals surface area contributed by atoms with Gasteiger partial charge in [0.25, 0.3) is 0 Å². The Morgan fingerprint density at radius 2 is 1.85 bits per heavy atom. The van der Waals surface area contributed by atoms with Gasteiger partial charge in [-0.15, -0.1) is 0 Å². The Balaban J connectivity index is 1.89. The fraction of sp³-hybridized carbons (Fsp3) is 0.381. The van der Waals surface area contributed by atoms with Gasteiger partial charge in [0.2, 0.25) is 5.91 Å². The molecular formula is C21H28N2O3. The van der Waals surface area contributed by atoms with Crippen molar-refractivity contribution in [3.8, 4) is 11.5 Å². The maximum Gasteiger partial charge on any atom is 0.226 e. The number of ether oxygens (including phenoxy) is 2. The highest BCUT2D eigenvalue weighted by Gasteiger charge is 2.12. The number of rotatable bonds is 8. The van der Waals surface area contributed by atoms with Crippen LogP contribution in [-0.2, 0) is 11.3 Å². The highest BCUT2D eigenvalue weighted by molar-refractivity contribution is 5.92. The zero-order chi connectivity index (χ0) is 19.1. The molecule has 2 rings (SSSR count). The van der Waals surface area contributed by atoms with Crippen LogP contribution in [-0.4, -0.2) is 26.2 Å². The van der Waals surface area contributed by atoms with Crippen molar-refractivity contribution in [3.63, 3.8) is 0 Å². The summed E-state index contributed by atoms with van der Waals surface area (Å²) in [6.45, 7) is 6.95. The highest BCUT2D eigenvalue weighted by Crippen LogP contribution is 2.29. The quantitative estimate of drug-likeness (QED) is 0.755. The van der Waals surface area contributed by atoms with Crippen molar-refractivity contribution in [1.29, 1.82) is 0 Å². The lowest BCUT2D eigenvalue weighted by atomic mass is 10.1. The summed E-state index contributed by atoms with van der Waals surface area (Å²) in [6.07, 6.45) is 0.375. The Morgan fingerprint density at radius 1 is 1.08 bits per heavy atom. The molecule has 0 saturated carbocycles. The third-order valence-electron chi connectivity index (χ3n) is 4.31. The first-order chi connectivity index (χ1) is 12.4. The van der Waals surface area contributed by atoms with E-state index in [-0.39, 0.29) is 11.9 Å². The average Bonchev–Trinajstić information content (AvgIpc) is 2.61. The second-order valence-electron chi connectivity index (χ2n) is 6.53. The predicted molar refractivity (Wildman–Crippen MR) is 105 cm³/mol. The molecule has 0 fully saturated rings. The standard InChI is InChI=1S/C21H28N2O3/c1-14-6-7-17(15(2)10-14)13-22-16(3)11-21(24)23-19-9-8-18(25-4)12-20(19)26-5/h6-10,12,16,22H,11,13H2,1-5H3,(H,23,24). The van der Waals surface area contributed by atoms with Crippen LogP contribution in [0.25, 0.3) is 0 Å². The summed E-state index contributed by atoms with van der Waals surface area (Å²) in [4.78, 5) is 12.3. The fourth-order valence-corrected chi connectivity index (χ4v) is 2.78. The van der Waals surface area contributed by atoms with E-state index in [9.17, 15) is 4.79 Å². The van der Waals surface area contributed by atoms with Gasteiger partial charge in [0.1, 0.15) is 11.5 Å². The van der Waals surface area contributed by atoms with Crippen LogP contribution >= 0.6 is 0 Å². The summed E-state index contributed by atoms with van der Waals surface area (Å²) >= 11 is 0. The molecule has 0 saturated heterocycles. The van der Waals surface area contributed by atoms with Gasteiger partial charge in [-0.2, -0.15) is 0 Å².